The van der Waals surface area contributed by atoms with Crippen LogP contribution < -0.4 is 0 Å². The van der Waals surface area contributed by atoms with Crippen LogP contribution in [0.25, 0.3) is 11.0 Å². The van der Waals surface area contributed by atoms with Gasteiger partial charge in [-0.25, -0.2) is 4.98 Å². The van der Waals surface area contributed by atoms with Gasteiger partial charge in [0.1, 0.15) is 5.82 Å². The van der Waals surface area contributed by atoms with Gasteiger partial charge >= 0.3 is 0 Å². The number of nitrogens with zero attached hydrogens (tertiary/aromatic N) is 2. The summed E-state index contributed by atoms with van der Waals surface area (Å²) in [5.74, 6) is 1.73. The number of hydrogen-bond acceptors (Lipinski definition) is 2. The molecular formula is C18H26N2O. The molecule has 21 heavy (non-hydrogen) atoms. The van der Waals surface area contributed by atoms with E-state index in [0.29, 0.717) is 12.3 Å². The molecule has 1 saturated carbocycles. The van der Waals surface area contributed by atoms with Crippen LogP contribution in [-0.4, -0.2) is 20.3 Å². The number of imidazole rings is 1. The summed E-state index contributed by atoms with van der Waals surface area (Å²) in [6, 6.07) is 8.30. The van der Waals surface area contributed by atoms with Crippen molar-refractivity contribution in [2.75, 3.05) is 0 Å². The zero-order valence-corrected chi connectivity index (χ0v) is 13.2. The minimum absolute atomic E-state index is 0.548. The van der Waals surface area contributed by atoms with Crippen LogP contribution in [0.5, 0.6) is 0 Å². The van der Waals surface area contributed by atoms with E-state index in [1.54, 1.807) is 0 Å². The number of benzene rings is 1. The normalized spacial score (nSPS) is 25.8. The molecule has 1 N–H and O–H groups in total. The second kappa shape index (κ2) is 5.80. The summed E-state index contributed by atoms with van der Waals surface area (Å²) in [6.45, 7) is 5.39. The first-order valence-electron chi connectivity index (χ1n) is 8.31. The zero-order valence-electron chi connectivity index (χ0n) is 13.2. The zero-order chi connectivity index (χ0) is 14.9. The lowest BCUT2D eigenvalue weighted by Gasteiger charge is -2.23. The molecule has 0 bridgehead atoms. The fraction of sp³-hybridized carbons (Fsp3) is 0.611. The topological polar surface area (TPSA) is 38.0 Å². The van der Waals surface area contributed by atoms with Crippen LogP contribution in [0.2, 0.25) is 0 Å². The van der Waals surface area contributed by atoms with Crippen LogP contribution in [0.15, 0.2) is 24.3 Å². The Morgan fingerprint density at radius 3 is 2.86 bits per heavy atom. The largest absolute Gasteiger partial charge is 0.389 e. The highest BCUT2D eigenvalue weighted by Crippen LogP contribution is 2.38. The highest BCUT2D eigenvalue weighted by molar-refractivity contribution is 5.75. The summed E-state index contributed by atoms with van der Waals surface area (Å²) < 4.78 is 2.30. The summed E-state index contributed by atoms with van der Waals surface area (Å²) >= 11 is 0. The van der Waals surface area contributed by atoms with Crippen LogP contribution in [0, 0.1) is 5.92 Å². The monoisotopic (exact) mass is 286 g/mol. The molecule has 3 rings (SSSR count). The average Bonchev–Trinajstić information content (AvgIpc) is 3.01. The van der Waals surface area contributed by atoms with E-state index in [-0.39, 0.29) is 0 Å². The van der Waals surface area contributed by atoms with Gasteiger partial charge in [0.05, 0.1) is 16.6 Å². The number of rotatable bonds is 5. The predicted octanol–water partition coefficient (Wildman–Crippen LogP) is 3.93. The van der Waals surface area contributed by atoms with Crippen molar-refractivity contribution in [3.05, 3.63) is 30.1 Å². The average molecular weight is 286 g/mol. The van der Waals surface area contributed by atoms with Crippen molar-refractivity contribution in [1.82, 2.24) is 9.55 Å². The van der Waals surface area contributed by atoms with Crippen molar-refractivity contribution in [1.29, 1.82) is 0 Å². The molecule has 1 fully saturated rings. The third-order valence-electron chi connectivity index (χ3n) is 4.93. The van der Waals surface area contributed by atoms with Crippen molar-refractivity contribution in [2.45, 2.75) is 64.5 Å². The smallest absolute Gasteiger partial charge is 0.112 e. The highest BCUT2D eigenvalue weighted by atomic mass is 16.3. The Kier molecular flexibility index (Phi) is 4.03. The molecule has 0 spiro atoms. The molecule has 1 aliphatic rings. The maximum atomic E-state index is 10.9. The lowest BCUT2D eigenvalue weighted by molar-refractivity contribution is 0.0409. The molecule has 1 aromatic heterocycles. The van der Waals surface area contributed by atoms with E-state index in [0.717, 1.165) is 43.6 Å². The molecule has 0 aliphatic heterocycles. The van der Waals surface area contributed by atoms with E-state index < -0.39 is 5.60 Å². The van der Waals surface area contributed by atoms with Crippen LogP contribution in [0.1, 0.15) is 51.8 Å². The van der Waals surface area contributed by atoms with E-state index in [9.17, 15) is 5.11 Å². The second-order valence-electron chi connectivity index (χ2n) is 6.59. The molecule has 114 valence electrons. The van der Waals surface area contributed by atoms with E-state index >= 15 is 0 Å². The van der Waals surface area contributed by atoms with Gasteiger partial charge < -0.3 is 9.67 Å². The first-order chi connectivity index (χ1) is 10.1. The van der Waals surface area contributed by atoms with Gasteiger partial charge in [0, 0.05) is 13.0 Å². The van der Waals surface area contributed by atoms with Crippen molar-refractivity contribution >= 4 is 11.0 Å². The standard InChI is InChI=1S/C18H26N2O/c1-3-11-20-16-8-6-5-7-15(16)19-17(20)13-18(21)10-9-14(4-2)12-18/h5-8,14,21H,3-4,9-13H2,1-2H3. The van der Waals surface area contributed by atoms with E-state index in [1.165, 1.54) is 11.9 Å². The summed E-state index contributed by atoms with van der Waals surface area (Å²) in [5, 5.41) is 10.9. The van der Waals surface area contributed by atoms with Gasteiger partial charge in [0.25, 0.3) is 0 Å². The number of aliphatic hydroxyl groups is 1. The lowest BCUT2D eigenvalue weighted by Crippen LogP contribution is -2.29. The van der Waals surface area contributed by atoms with Gasteiger partial charge in [-0.05, 0) is 43.7 Å². The number of aryl methyl sites for hydroxylation is 1. The summed E-state index contributed by atoms with van der Waals surface area (Å²) in [6.07, 6.45) is 5.95. The predicted molar refractivity (Wildman–Crippen MR) is 86.3 cm³/mol. The van der Waals surface area contributed by atoms with E-state index in [2.05, 4.69) is 36.6 Å². The highest BCUT2D eigenvalue weighted by Gasteiger charge is 2.37. The van der Waals surface area contributed by atoms with Crippen LogP contribution >= 0.6 is 0 Å². The molecule has 2 atom stereocenters. The van der Waals surface area contributed by atoms with Crippen LogP contribution in [0.3, 0.4) is 0 Å². The Hall–Kier alpha value is -1.35. The van der Waals surface area contributed by atoms with Gasteiger partial charge in [0.15, 0.2) is 0 Å². The number of fused-ring (bicyclic) bond motifs is 1. The summed E-state index contributed by atoms with van der Waals surface area (Å²) in [7, 11) is 0. The minimum atomic E-state index is -0.548. The summed E-state index contributed by atoms with van der Waals surface area (Å²) in [5.41, 5.74) is 1.70. The third-order valence-corrected chi connectivity index (χ3v) is 4.93. The Labute approximate surface area is 127 Å². The van der Waals surface area contributed by atoms with Gasteiger partial charge in [-0.1, -0.05) is 32.4 Å². The van der Waals surface area contributed by atoms with Crippen molar-refractivity contribution in [3.63, 3.8) is 0 Å². The molecule has 1 aliphatic carbocycles. The number of hydrogen-bond donors (Lipinski definition) is 1. The summed E-state index contributed by atoms with van der Waals surface area (Å²) in [4.78, 5) is 4.79. The minimum Gasteiger partial charge on any atom is -0.389 e. The Morgan fingerprint density at radius 2 is 2.14 bits per heavy atom. The molecule has 0 amide bonds. The lowest BCUT2D eigenvalue weighted by atomic mass is 9.95. The molecule has 1 aromatic carbocycles. The fourth-order valence-electron chi connectivity index (χ4n) is 3.75. The van der Waals surface area contributed by atoms with Gasteiger partial charge in [-0.2, -0.15) is 0 Å². The van der Waals surface area contributed by atoms with Gasteiger partial charge in [-0.3, -0.25) is 0 Å². The SMILES string of the molecule is CCCn1c(CC2(O)CCC(CC)C2)nc2ccccc21. The molecule has 2 unspecified atom stereocenters. The van der Waals surface area contributed by atoms with E-state index in [4.69, 9.17) is 4.98 Å². The molecular weight excluding hydrogens is 260 g/mol. The van der Waals surface area contributed by atoms with Crippen molar-refractivity contribution in [3.8, 4) is 0 Å². The Bertz CT molecular complexity index is 619. The third kappa shape index (κ3) is 2.84. The fourth-order valence-corrected chi connectivity index (χ4v) is 3.75. The van der Waals surface area contributed by atoms with Crippen molar-refractivity contribution < 1.29 is 5.11 Å². The molecule has 0 radical (unpaired) electrons. The number of aromatic nitrogens is 2. The maximum Gasteiger partial charge on any atom is 0.112 e. The second-order valence-corrected chi connectivity index (χ2v) is 6.59. The first kappa shape index (κ1) is 14.6. The maximum absolute atomic E-state index is 10.9. The van der Waals surface area contributed by atoms with E-state index in [1.807, 2.05) is 6.07 Å². The molecule has 1 heterocycles. The molecule has 2 aromatic rings. The Balaban J connectivity index is 1.91. The quantitative estimate of drug-likeness (QED) is 0.904. The number of para-hydroxylation sites is 2. The van der Waals surface area contributed by atoms with Crippen LogP contribution in [0.4, 0.5) is 0 Å². The first-order valence-corrected chi connectivity index (χ1v) is 8.31. The van der Waals surface area contributed by atoms with Crippen LogP contribution in [-0.2, 0) is 13.0 Å². The molecule has 3 nitrogen and oxygen atoms in total. The van der Waals surface area contributed by atoms with Gasteiger partial charge in [0.2, 0.25) is 0 Å². The molecule has 3 heteroatoms. The Morgan fingerprint density at radius 1 is 1.33 bits per heavy atom. The van der Waals surface area contributed by atoms with Gasteiger partial charge in [-0.15, -0.1) is 0 Å². The van der Waals surface area contributed by atoms with Crippen molar-refractivity contribution in [2.24, 2.45) is 5.92 Å². The molecule has 0 saturated heterocycles.